The van der Waals surface area contributed by atoms with E-state index >= 15 is 0 Å². The number of hydrogen-bond acceptors (Lipinski definition) is 4. The van der Waals surface area contributed by atoms with Crippen LogP contribution in [0.1, 0.15) is 12.6 Å². The highest BCUT2D eigenvalue weighted by molar-refractivity contribution is 6.02. The number of pyridine rings is 1. The molecule has 0 saturated heterocycles. The molecule has 0 aliphatic rings. The van der Waals surface area contributed by atoms with E-state index < -0.39 is 0 Å². The normalized spacial score (nSPS) is 12.0. The van der Waals surface area contributed by atoms with Crippen LogP contribution in [0, 0.1) is 6.92 Å². The smallest absolute Gasteiger partial charge is 0.262 e. The number of hydrogen-bond donors (Lipinski definition) is 0. The van der Waals surface area contributed by atoms with E-state index in [4.69, 9.17) is 0 Å². The zero-order valence-electron chi connectivity index (χ0n) is 12.0. The summed E-state index contributed by atoms with van der Waals surface area (Å²) in [5, 5.41) is 10.3. The van der Waals surface area contributed by atoms with Gasteiger partial charge in [-0.3, -0.25) is 9.36 Å². The molecule has 0 amide bonds. The fraction of sp³-hybridized carbons (Fsp3) is 0.286. The molecule has 4 aromatic heterocycles. The van der Waals surface area contributed by atoms with Crippen LogP contribution in [0.2, 0.25) is 0 Å². The molecule has 21 heavy (non-hydrogen) atoms. The Kier molecular flexibility index (Phi) is 2.25. The van der Waals surface area contributed by atoms with Crippen molar-refractivity contribution in [3.05, 3.63) is 34.5 Å². The van der Waals surface area contributed by atoms with Gasteiger partial charge in [0.15, 0.2) is 5.65 Å². The molecule has 0 radical (unpaired) electrons. The van der Waals surface area contributed by atoms with Crippen molar-refractivity contribution in [3.63, 3.8) is 0 Å². The number of fused-ring (bicyclic) bond motifs is 5. The van der Waals surface area contributed by atoms with Gasteiger partial charge in [-0.05, 0) is 13.8 Å². The zero-order valence-corrected chi connectivity index (χ0v) is 12.0. The third-order valence-corrected chi connectivity index (χ3v) is 3.84. The molecule has 4 aromatic rings. The summed E-state index contributed by atoms with van der Waals surface area (Å²) in [7, 11) is 1.75. The fourth-order valence-corrected chi connectivity index (χ4v) is 2.80. The quantitative estimate of drug-likeness (QED) is 0.527. The van der Waals surface area contributed by atoms with Gasteiger partial charge in [-0.15, -0.1) is 0 Å². The van der Waals surface area contributed by atoms with Crippen molar-refractivity contribution in [2.24, 2.45) is 7.05 Å². The minimum absolute atomic E-state index is 0.0731. The van der Waals surface area contributed by atoms with Gasteiger partial charge < -0.3 is 0 Å². The van der Waals surface area contributed by atoms with Crippen LogP contribution in [0.3, 0.4) is 0 Å². The Morgan fingerprint density at radius 3 is 2.81 bits per heavy atom. The highest BCUT2D eigenvalue weighted by atomic mass is 16.1. The van der Waals surface area contributed by atoms with Crippen LogP contribution in [-0.2, 0) is 13.6 Å². The van der Waals surface area contributed by atoms with E-state index in [0.29, 0.717) is 5.39 Å². The average Bonchev–Trinajstić information content (AvgIpc) is 3.06. The maximum absolute atomic E-state index is 12.5. The molecule has 4 rings (SSSR count). The first-order chi connectivity index (χ1) is 10.1. The Labute approximate surface area is 119 Å². The minimum atomic E-state index is -0.0731. The fourth-order valence-electron chi connectivity index (χ4n) is 2.80. The summed E-state index contributed by atoms with van der Waals surface area (Å²) in [5.74, 6) is 0. The van der Waals surface area contributed by atoms with E-state index in [1.807, 2.05) is 24.6 Å². The summed E-state index contributed by atoms with van der Waals surface area (Å²) in [6, 6.07) is 1.90. The van der Waals surface area contributed by atoms with Crippen LogP contribution in [0.15, 0.2) is 23.3 Å². The van der Waals surface area contributed by atoms with Crippen molar-refractivity contribution in [2.75, 3.05) is 0 Å². The van der Waals surface area contributed by atoms with Crippen molar-refractivity contribution in [2.45, 2.75) is 20.4 Å². The molecule has 0 aliphatic carbocycles. The number of nitrogens with zero attached hydrogens (tertiary/aromatic N) is 6. The summed E-state index contributed by atoms with van der Waals surface area (Å²) in [4.78, 5) is 16.9. The predicted octanol–water partition coefficient (Wildman–Crippen LogP) is 1.26. The second-order valence-corrected chi connectivity index (χ2v) is 5.14. The molecular weight excluding hydrogens is 268 g/mol. The molecule has 106 valence electrons. The van der Waals surface area contributed by atoms with Gasteiger partial charge in [0.05, 0.1) is 28.2 Å². The lowest BCUT2D eigenvalue weighted by Gasteiger charge is -2.07. The van der Waals surface area contributed by atoms with Gasteiger partial charge in [-0.25, -0.2) is 14.2 Å². The second-order valence-electron chi connectivity index (χ2n) is 5.14. The first-order valence-electron chi connectivity index (χ1n) is 6.81. The van der Waals surface area contributed by atoms with E-state index in [1.54, 1.807) is 28.5 Å². The largest absolute Gasteiger partial charge is 0.296 e. The molecule has 7 nitrogen and oxygen atoms in total. The van der Waals surface area contributed by atoms with Crippen molar-refractivity contribution in [3.8, 4) is 0 Å². The third-order valence-electron chi connectivity index (χ3n) is 3.84. The van der Waals surface area contributed by atoms with Crippen LogP contribution in [0.25, 0.3) is 27.6 Å². The molecule has 0 aliphatic heterocycles. The lowest BCUT2D eigenvalue weighted by molar-refractivity contribution is 0.677. The molecule has 0 saturated carbocycles. The SMILES string of the molecule is CCn1ncc2c1ncc1c(=O)n(C)c3cc(C)nn3c12. The van der Waals surface area contributed by atoms with E-state index in [1.165, 1.54) is 0 Å². The Bertz CT molecular complexity index is 1070. The predicted molar refractivity (Wildman–Crippen MR) is 79.4 cm³/mol. The zero-order chi connectivity index (χ0) is 14.7. The van der Waals surface area contributed by atoms with Crippen molar-refractivity contribution in [1.82, 2.24) is 28.9 Å². The van der Waals surface area contributed by atoms with Crippen molar-refractivity contribution >= 4 is 27.6 Å². The number of aromatic nitrogens is 6. The van der Waals surface area contributed by atoms with Gasteiger partial charge in [0, 0.05) is 25.9 Å². The maximum atomic E-state index is 12.5. The molecule has 0 aromatic carbocycles. The molecule has 0 spiro atoms. The molecule has 0 atom stereocenters. The van der Waals surface area contributed by atoms with Crippen LogP contribution in [0.4, 0.5) is 0 Å². The molecule has 0 fully saturated rings. The lowest BCUT2D eigenvalue weighted by Crippen LogP contribution is -2.20. The van der Waals surface area contributed by atoms with Crippen LogP contribution < -0.4 is 5.56 Å². The maximum Gasteiger partial charge on any atom is 0.262 e. The first kappa shape index (κ1) is 12.1. The van der Waals surface area contributed by atoms with Crippen molar-refractivity contribution < 1.29 is 0 Å². The molecule has 0 bridgehead atoms. The monoisotopic (exact) mass is 282 g/mol. The summed E-state index contributed by atoms with van der Waals surface area (Å²) in [5.41, 5.74) is 3.10. The third kappa shape index (κ3) is 1.43. The van der Waals surface area contributed by atoms with Gasteiger partial charge in [0.25, 0.3) is 5.56 Å². The van der Waals surface area contributed by atoms with Gasteiger partial charge in [-0.2, -0.15) is 10.2 Å². The van der Waals surface area contributed by atoms with Crippen molar-refractivity contribution in [1.29, 1.82) is 0 Å². The van der Waals surface area contributed by atoms with Crippen LogP contribution >= 0.6 is 0 Å². The van der Waals surface area contributed by atoms with Crippen LogP contribution in [0.5, 0.6) is 0 Å². The lowest BCUT2D eigenvalue weighted by atomic mass is 10.2. The van der Waals surface area contributed by atoms with E-state index in [-0.39, 0.29) is 5.56 Å². The molecular formula is C14H14N6O. The van der Waals surface area contributed by atoms with Gasteiger partial charge in [0.1, 0.15) is 5.65 Å². The molecule has 0 unspecified atom stereocenters. The minimum Gasteiger partial charge on any atom is -0.296 e. The first-order valence-corrected chi connectivity index (χ1v) is 6.81. The highest BCUT2D eigenvalue weighted by Crippen LogP contribution is 2.22. The summed E-state index contributed by atoms with van der Waals surface area (Å²) in [6.07, 6.45) is 3.37. The van der Waals surface area contributed by atoms with Gasteiger partial charge in [-0.1, -0.05) is 0 Å². The Morgan fingerprint density at radius 2 is 2.05 bits per heavy atom. The van der Waals surface area contributed by atoms with E-state index in [0.717, 1.165) is 34.4 Å². The molecule has 0 N–H and O–H groups in total. The number of rotatable bonds is 1. The second kappa shape index (κ2) is 3.91. The standard InChI is InChI=1S/C14H14N6O/c1-4-19-13-9(7-16-19)12-10(6-15-13)14(21)18(3)11-5-8(2)17-20(11)12/h5-7H,4H2,1-3H3. The number of aryl methyl sites for hydroxylation is 3. The van der Waals surface area contributed by atoms with Crippen LogP contribution in [-0.4, -0.2) is 28.9 Å². The molecule has 4 heterocycles. The van der Waals surface area contributed by atoms with Gasteiger partial charge >= 0.3 is 0 Å². The highest BCUT2D eigenvalue weighted by Gasteiger charge is 2.16. The Balaban J connectivity index is 2.37. The summed E-state index contributed by atoms with van der Waals surface area (Å²) < 4.78 is 5.21. The molecule has 7 heteroatoms. The summed E-state index contributed by atoms with van der Waals surface area (Å²) in [6.45, 7) is 4.65. The Hall–Kier alpha value is -2.70. The van der Waals surface area contributed by atoms with E-state index in [2.05, 4.69) is 15.2 Å². The Morgan fingerprint density at radius 1 is 1.24 bits per heavy atom. The van der Waals surface area contributed by atoms with Gasteiger partial charge in [0.2, 0.25) is 0 Å². The topological polar surface area (TPSA) is 70.0 Å². The van der Waals surface area contributed by atoms with E-state index in [9.17, 15) is 4.79 Å². The summed E-state index contributed by atoms with van der Waals surface area (Å²) >= 11 is 0. The average molecular weight is 282 g/mol.